The average molecular weight is 327 g/mol. The number of halogens is 1. The van der Waals surface area contributed by atoms with Crippen molar-refractivity contribution < 1.29 is 5.11 Å². The molecule has 0 aliphatic carbocycles. The molecule has 3 rings (SSSR count). The van der Waals surface area contributed by atoms with Gasteiger partial charge in [-0.3, -0.25) is 0 Å². The molecule has 0 aromatic heterocycles. The van der Waals surface area contributed by atoms with Crippen LogP contribution in [0.3, 0.4) is 0 Å². The number of phenolic OH excluding ortho intramolecular Hbond substituents is 1. The van der Waals surface area contributed by atoms with Crippen LogP contribution in [0.15, 0.2) is 75.4 Å². The average Bonchev–Trinajstić information content (AvgIpc) is 2.48. The van der Waals surface area contributed by atoms with Crippen molar-refractivity contribution in [3.8, 4) is 5.75 Å². The highest BCUT2D eigenvalue weighted by Gasteiger charge is 2.04. The van der Waals surface area contributed by atoms with Gasteiger partial charge in [0, 0.05) is 15.2 Å². The van der Waals surface area contributed by atoms with E-state index >= 15 is 0 Å². The van der Waals surface area contributed by atoms with Crippen molar-refractivity contribution in [3.63, 3.8) is 0 Å². The third kappa shape index (κ3) is 2.42. The van der Waals surface area contributed by atoms with Crippen LogP contribution < -0.4 is 0 Å². The van der Waals surface area contributed by atoms with Crippen molar-refractivity contribution in [3.05, 3.63) is 65.1 Å². The summed E-state index contributed by atoms with van der Waals surface area (Å²) in [4.78, 5) is 0. The number of phenols is 1. The topological polar surface area (TPSA) is 45.0 Å². The molecule has 0 fully saturated rings. The molecule has 3 aromatic rings. The third-order valence-electron chi connectivity index (χ3n) is 3.00. The van der Waals surface area contributed by atoms with Crippen molar-refractivity contribution in [1.29, 1.82) is 0 Å². The van der Waals surface area contributed by atoms with Crippen molar-refractivity contribution in [2.75, 3.05) is 0 Å². The second-order valence-electron chi connectivity index (χ2n) is 4.30. The summed E-state index contributed by atoms with van der Waals surface area (Å²) < 4.78 is 0.895. The standard InChI is InChI=1S/C16H11BrN2O/c17-13-7-3-4-8-15(13)19-18-14-9-10-16(20)12-6-2-1-5-11(12)14/h1-10,20H. The minimum Gasteiger partial charge on any atom is -0.507 e. The number of fused-ring (bicyclic) bond motifs is 1. The summed E-state index contributed by atoms with van der Waals surface area (Å²) in [5.41, 5.74) is 1.50. The van der Waals surface area contributed by atoms with E-state index in [0.717, 1.165) is 26.6 Å². The molecule has 0 spiro atoms. The van der Waals surface area contributed by atoms with Crippen LogP contribution in [-0.4, -0.2) is 5.11 Å². The van der Waals surface area contributed by atoms with Gasteiger partial charge in [-0.05, 0) is 40.2 Å². The molecule has 0 atom stereocenters. The normalized spacial score (nSPS) is 11.2. The molecule has 0 aliphatic heterocycles. The van der Waals surface area contributed by atoms with Gasteiger partial charge >= 0.3 is 0 Å². The first-order valence-corrected chi connectivity index (χ1v) is 6.92. The van der Waals surface area contributed by atoms with Gasteiger partial charge in [0.1, 0.15) is 5.75 Å². The Morgan fingerprint density at radius 2 is 1.35 bits per heavy atom. The molecule has 0 bridgehead atoms. The monoisotopic (exact) mass is 326 g/mol. The maximum absolute atomic E-state index is 9.85. The van der Waals surface area contributed by atoms with Crippen LogP contribution in [0, 0.1) is 0 Å². The summed E-state index contributed by atoms with van der Waals surface area (Å²) in [5.74, 6) is 0.250. The zero-order chi connectivity index (χ0) is 13.9. The summed E-state index contributed by atoms with van der Waals surface area (Å²) in [6.45, 7) is 0. The lowest BCUT2D eigenvalue weighted by Gasteiger charge is -2.03. The van der Waals surface area contributed by atoms with Crippen LogP contribution in [0.25, 0.3) is 10.8 Å². The fourth-order valence-electron chi connectivity index (χ4n) is 2.00. The van der Waals surface area contributed by atoms with Gasteiger partial charge in [0.05, 0.1) is 11.4 Å². The van der Waals surface area contributed by atoms with Crippen molar-refractivity contribution in [1.82, 2.24) is 0 Å². The molecule has 0 radical (unpaired) electrons. The Morgan fingerprint density at radius 1 is 0.700 bits per heavy atom. The number of azo groups is 1. The van der Waals surface area contributed by atoms with Gasteiger partial charge < -0.3 is 5.11 Å². The Labute approximate surface area is 124 Å². The van der Waals surface area contributed by atoms with Crippen LogP contribution in [0.2, 0.25) is 0 Å². The first kappa shape index (κ1) is 12.8. The predicted molar refractivity (Wildman–Crippen MR) is 83.9 cm³/mol. The molecular weight excluding hydrogens is 316 g/mol. The highest BCUT2D eigenvalue weighted by molar-refractivity contribution is 9.10. The van der Waals surface area contributed by atoms with E-state index in [1.165, 1.54) is 0 Å². The fourth-order valence-corrected chi connectivity index (χ4v) is 2.36. The van der Waals surface area contributed by atoms with Crippen molar-refractivity contribution in [2.24, 2.45) is 10.2 Å². The molecule has 4 heteroatoms. The number of rotatable bonds is 2. The van der Waals surface area contributed by atoms with E-state index in [0.29, 0.717) is 0 Å². The van der Waals surface area contributed by atoms with E-state index < -0.39 is 0 Å². The molecule has 0 aliphatic rings. The van der Waals surface area contributed by atoms with E-state index in [2.05, 4.69) is 26.2 Å². The zero-order valence-electron chi connectivity index (χ0n) is 10.5. The summed E-state index contributed by atoms with van der Waals surface area (Å²) >= 11 is 3.44. The SMILES string of the molecule is Oc1ccc(N=Nc2ccccc2Br)c2ccccc12. The second-order valence-corrected chi connectivity index (χ2v) is 5.16. The summed E-state index contributed by atoms with van der Waals surface area (Å²) in [7, 11) is 0. The minimum absolute atomic E-state index is 0.250. The molecule has 1 N–H and O–H groups in total. The lowest BCUT2D eigenvalue weighted by atomic mass is 10.1. The van der Waals surface area contributed by atoms with Crippen LogP contribution in [-0.2, 0) is 0 Å². The zero-order valence-corrected chi connectivity index (χ0v) is 12.1. The maximum atomic E-state index is 9.85. The van der Waals surface area contributed by atoms with E-state index in [4.69, 9.17) is 0 Å². The number of hydrogen-bond acceptors (Lipinski definition) is 3. The molecule has 0 amide bonds. The Hall–Kier alpha value is -2.20. The Balaban J connectivity index is 2.08. The number of aromatic hydroxyl groups is 1. The van der Waals surface area contributed by atoms with Crippen LogP contribution in [0.5, 0.6) is 5.75 Å². The van der Waals surface area contributed by atoms with Gasteiger partial charge in [-0.25, -0.2) is 0 Å². The maximum Gasteiger partial charge on any atom is 0.123 e. The molecule has 3 aromatic carbocycles. The van der Waals surface area contributed by atoms with Crippen LogP contribution >= 0.6 is 15.9 Å². The highest BCUT2D eigenvalue weighted by atomic mass is 79.9. The van der Waals surface area contributed by atoms with Gasteiger partial charge in [0.2, 0.25) is 0 Å². The van der Waals surface area contributed by atoms with Gasteiger partial charge in [-0.2, -0.15) is 0 Å². The summed E-state index contributed by atoms with van der Waals surface area (Å²) in [5, 5.41) is 20.0. The summed E-state index contributed by atoms with van der Waals surface area (Å²) in [6.07, 6.45) is 0. The Kier molecular flexibility index (Phi) is 3.48. The number of nitrogens with zero attached hydrogens (tertiary/aromatic N) is 2. The van der Waals surface area contributed by atoms with E-state index in [1.807, 2.05) is 48.5 Å². The Morgan fingerprint density at radius 3 is 2.15 bits per heavy atom. The third-order valence-corrected chi connectivity index (χ3v) is 3.67. The van der Waals surface area contributed by atoms with E-state index in [1.54, 1.807) is 12.1 Å². The lowest BCUT2D eigenvalue weighted by Crippen LogP contribution is -1.75. The van der Waals surface area contributed by atoms with Crippen LogP contribution in [0.1, 0.15) is 0 Å². The minimum atomic E-state index is 0.250. The van der Waals surface area contributed by atoms with Crippen molar-refractivity contribution in [2.45, 2.75) is 0 Å². The fraction of sp³-hybridized carbons (Fsp3) is 0. The number of benzene rings is 3. The van der Waals surface area contributed by atoms with E-state index in [9.17, 15) is 5.11 Å². The molecule has 3 nitrogen and oxygen atoms in total. The Bertz CT molecular complexity index is 799. The number of hydrogen-bond donors (Lipinski definition) is 1. The molecular formula is C16H11BrN2O. The largest absolute Gasteiger partial charge is 0.507 e. The first-order valence-electron chi connectivity index (χ1n) is 6.13. The molecule has 0 saturated carbocycles. The van der Waals surface area contributed by atoms with Crippen molar-refractivity contribution >= 4 is 38.1 Å². The first-order chi connectivity index (χ1) is 9.75. The van der Waals surface area contributed by atoms with Gasteiger partial charge in [0.25, 0.3) is 0 Å². The molecule has 98 valence electrons. The smallest absolute Gasteiger partial charge is 0.123 e. The predicted octanol–water partition coefficient (Wildman–Crippen LogP) is 5.72. The van der Waals surface area contributed by atoms with Gasteiger partial charge in [-0.1, -0.05) is 36.4 Å². The van der Waals surface area contributed by atoms with E-state index in [-0.39, 0.29) is 5.75 Å². The molecule has 0 saturated heterocycles. The quantitative estimate of drug-likeness (QED) is 0.601. The van der Waals surface area contributed by atoms with Gasteiger partial charge in [-0.15, -0.1) is 10.2 Å². The van der Waals surface area contributed by atoms with Gasteiger partial charge in [0.15, 0.2) is 0 Å². The molecule has 0 unspecified atom stereocenters. The molecule has 20 heavy (non-hydrogen) atoms. The highest BCUT2D eigenvalue weighted by Crippen LogP contribution is 2.34. The second kappa shape index (κ2) is 5.43. The lowest BCUT2D eigenvalue weighted by molar-refractivity contribution is 0.481. The summed E-state index contributed by atoms with van der Waals surface area (Å²) in [6, 6.07) is 18.6. The van der Waals surface area contributed by atoms with Crippen LogP contribution in [0.4, 0.5) is 11.4 Å². The molecule has 0 heterocycles.